The fourth-order valence-corrected chi connectivity index (χ4v) is 2.30. The van der Waals surface area contributed by atoms with Crippen molar-refractivity contribution in [2.45, 2.75) is 32.2 Å². The molecule has 1 aliphatic rings. The summed E-state index contributed by atoms with van der Waals surface area (Å²) in [6.07, 6.45) is 5.03. The number of nitrogens with two attached hydrogens (primary N) is 1. The van der Waals surface area contributed by atoms with Crippen molar-refractivity contribution in [2.24, 2.45) is 5.73 Å². The average molecular weight is 294 g/mol. The Balaban J connectivity index is 1.94. The standard InChI is InChI=1S/C14H22N4O3/c1-2-3-4-11(15)13-16-12(9-21-13)14(20)18-7-5-17(10-19)6-8-18/h9-11H,2-8,15H2,1H3. The van der Waals surface area contributed by atoms with Gasteiger partial charge >= 0.3 is 0 Å². The van der Waals surface area contributed by atoms with E-state index >= 15 is 0 Å². The van der Waals surface area contributed by atoms with Gasteiger partial charge in [-0.2, -0.15) is 0 Å². The van der Waals surface area contributed by atoms with Gasteiger partial charge in [-0.1, -0.05) is 19.8 Å². The van der Waals surface area contributed by atoms with E-state index in [4.69, 9.17) is 10.2 Å². The van der Waals surface area contributed by atoms with Gasteiger partial charge in [-0.3, -0.25) is 9.59 Å². The molecule has 1 saturated heterocycles. The molecule has 2 rings (SSSR count). The summed E-state index contributed by atoms with van der Waals surface area (Å²) in [6.45, 7) is 4.23. The van der Waals surface area contributed by atoms with Crippen LogP contribution in [0.1, 0.15) is 48.6 Å². The molecule has 2 heterocycles. The van der Waals surface area contributed by atoms with Crippen LogP contribution >= 0.6 is 0 Å². The van der Waals surface area contributed by atoms with Gasteiger partial charge in [-0.25, -0.2) is 4.98 Å². The Bertz CT molecular complexity index is 480. The molecular weight excluding hydrogens is 272 g/mol. The van der Waals surface area contributed by atoms with Gasteiger partial charge in [0.2, 0.25) is 12.3 Å². The van der Waals surface area contributed by atoms with E-state index in [0.717, 1.165) is 25.7 Å². The number of unbranched alkanes of at least 4 members (excludes halogenated alkanes) is 1. The molecular formula is C14H22N4O3. The summed E-state index contributed by atoms with van der Waals surface area (Å²) in [5, 5.41) is 0. The average Bonchev–Trinajstić information content (AvgIpc) is 3.02. The van der Waals surface area contributed by atoms with Gasteiger partial charge in [0, 0.05) is 26.2 Å². The Hall–Kier alpha value is -1.89. The first kappa shape index (κ1) is 15.5. The summed E-state index contributed by atoms with van der Waals surface area (Å²) in [5.74, 6) is 0.247. The second-order valence-electron chi connectivity index (χ2n) is 5.25. The largest absolute Gasteiger partial charge is 0.446 e. The number of amides is 2. The van der Waals surface area contributed by atoms with Gasteiger partial charge in [0.1, 0.15) is 6.26 Å². The van der Waals surface area contributed by atoms with E-state index in [1.54, 1.807) is 9.80 Å². The second kappa shape index (κ2) is 7.21. The number of rotatable bonds is 6. The SMILES string of the molecule is CCCCC(N)c1nc(C(=O)N2CCN(C=O)CC2)co1. The van der Waals surface area contributed by atoms with E-state index < -0.39 is 0 Å². The quantitative estimate of drug-likeness (QED) is 0.783. The molecule has 21 heavy (non-hydrogen) atoms. The van der Waals surface area contributed by atoms with Crippen LogP contribution in [0.3, 0.4) is 0 Å². The Morgan fingerprint density at radius 1 is 1.48 bits per heavy atom. The number of piperazine rings is 1. The molecule has 116 valence electrons. The molecule has 1 fully saturated rings. The van der Waals surface area contributed by atoms with Crippen LogP contribution in [0.2, 0.25) is 0 Å². The third-order valence-corrected chi connectivity index (χ3v) is 3.68. The van der Waals surface area contributed by atoms with Crippen LogP contribution in [-0.4, -0.2) is 53.3 Å². The predicted octanol–water partition coefficient (Wildman–Crippen LogP) is 0.779. The van der Waals surface area contributed by atoms with Crippen LogP contribution in [0.4, 0.5) is 0 Å². The van der Waals surface area contributed by atoms with Gasteiger partial charge in [0.15, 0.2) is 5.69 Å². The lowest BCUT2D eigenvalue weighted by atomic mass is 10.1. The van der Waals surface area contributed by atoms with Crippen LogP contribution in [0, 0.1) is 0 Å². The summed E-state index contributed by atoms with van der Waals surface area (Å²) < 4.78 is 5.33. The van der Waals surface area contributed by atoms with Crippen molar-refractivity contribution >= 4 is 12.3 Å². The Labute approximate surface area is 124 Å². The van der Waals surface area contributed by atoms with Gasteiger partial charge in [-0.15, -0.1) is 0 Å². The highest BCUT2D eigenvalue weighted by atomic mass is 16.3. The molecule has 1 atom stereocenters. The highest BCUT2D eigenvalue weighted by Gasteiger charge is 2.24. The van der Waals surface area contributed by atoms with Crippen LogP contribution in [0.25, 0.3) is 0 Å². The number of hydrogen-bond donors (Lipinski definition) is 1. The van der Waals surface area contributed by atoms with Crippen molar-refractivity contribution in [1.29, 1.82) is 0 Å². The smallest absolute Gasteiger partial charge is 0.275 e. The van der Waals surface area contributed by atoms with Crippen molar-refractivity contribution in [2.75, 3.05) is 26.2 Å². The van der Waals surface area contributed by atoms with Crippen LogP contribution in [0.15, 0.2) is 10.7 Å². The molecule has 0 radical (unpaired) electrons. The molecule has 1 aromatic rings. The minimum absolute atomic E-state index is 0.168. The summed E-state index contributed by atoms with van der Waals surface area (Å²) in [4.78, 5) is 30.5. The molecule has 2 N–H and O–H groups in total. The predicted molar refractivity (Wildman–Crippen MR) is 76.5 cm³/mol. The van der Waals surface area contributed by atoms with Gasteiger partial charge < -0.3 is 20.0 Å². The molecule has 0 saturated carbocycles. The number of nitrogens with zero attached hydrogens (tertiary/aromatic N) is 3. The lowest BCUT2D eigenvalue weighted by Gasteiger charge is -2.31. The lowest BCUT2D eigenvalue weighted by Crippen LogP contribution is -2.48. The van der Waals surface area contributed by atoms with E-state index in [2.05, 4.69) is 11.9 Å². The zero-order chi connectivity index (χ0) is 15.2. The number of carbonyl (C=O) groups is 2. The van der Waals surface area contributed by atoms with Gasteiger partial charge in [0.25, 0.3) is 5.91 Å². The maximum atomic E-state index is 12.3. The van der Waals surface area contributed by atoms with Gasteiger partial charge in [0.05, 0.1) is 6.04 Å². The lowest BCUT2D eigenvalue weighted by molar-refractivity contribution is -0.119. The van der Waals surface area contributed by atoms with E-state index in [-0.39, 0.29) is 17.6 Å². The summed E-state index contributed by atoms with van der Waals surface area (Å²) in [6, 6.07) is -0.265. The first-order chi connectivity index (χ1) is 10.2. The van der Waals surface area contributed by atoms with Crippen LogP contribution in [-0.2, 0) is 4.79 Å². The minimum atomic E-state index is -0.265. The van der Waals surface area contributed by atoms with Crippen molar-refractivity contribution in [1.82, 2.24) is 14.8 Å². The first-order valence-electron chi connectivity index (χ1n) is 7.35. The third-order valence-electron chi connectivity index (χ3n) is 3.68. The zero-order valence-electron chi connectivity index (χ0n) is 12.3. The zero-order valence-corrected chi connectivity index (χ0v) is 12.3. The van der Waals surface area contributed by atoms with Crippen molar-refractivity contribution < 1.29 is 14.0 Å². The second-order valence-corrected chi connectivity index (χ2v) is 5.25. The maximum absolute atomic E-state index is 12.3. The van der Waals surface area contributed by atoms with E-state index in [0.29, 0.717) is 32.1 Å². The third kappa shape index (κ3) is 3.81. The Morgan fingerprint density at radius 3 is 2.81 bits per heavy atom. The van der Waals surface area contributed by atoms with E-state index in [1.165, 1.54) is 6.26 Å². The highest BCUT2D eigenvalue weighted by molar-refractivity contribution is 5.92. The summed E-state index contributed by atoms with van der Waals surface area (Å²) in [5.41, 5.74) is 6.27. The molecule has 1 aromatic heterocycles. The van der Waals surface area contributed by atoms with Crippen molar-refractivity contribution in [3.05, 3.63) is 17.8 Å². The molecule has 0 aliphatic carbocycles. The van der Waals surface area contributed by atoms with Crippen molar-refractivity contribution in [3.63, 3.8) is 0 Å². The first-order valence-corrected chi connectivity index (χ1v) is 7.35. The number of hydrogen-bond acceptors (Lipinski definition) is 5. The molecule has 0 spiro atoms. The molecule has 1 aliphatic heterocycles. The molecule has 1 unspecified atom stereocenters. The molecule has 7 nitrogen and oxygen atoms in total. The molecule has 7 heteroatoms. The maximum Gasteiger partial charge on any atom is 0.275 e. The Morgan fingerprint density at radius 2 is 2.19 bits per heavy atom. The van der Waals surface area contributed by atoms with E-state index in [1.807, 2.05) is 0 Å². The Kier molecular flexibility index (Phi) is 5.32. The number of aromatic nitrogens is 1. The fraction of sp³-hybridized carbons (Fsp3) is 0.643. The normalized spacial score (nSPS) is 16.9. The van der Waals surface area contributed by atoms with E-state index in [9.17, 15) is 9.59 Å². The monoisotopic (exact) mass is 294 g/mol. The number of carbonyl (C=O) groups excluding carboxylic acids is 2. The van der Waals surface area contributed by atoms with Crippen molar-refractivity contribution in [3.8, 4) is 0 Å². The molecule has 2 amide bonds. The van der Waals surface area contributed by atoms with Gasteiger partial charge in [-0.05, 0) is 6.42 Å². The molecule has 0 aromatic carbocycles. The number of oxazole rings is 1. The topological polar surface area (TPSA) is 92.7 Å². The fourth-order valence-electron chi connectivity index (χ4n) is 2.30. The summed E-state index contributed by atoms with van der Waals surface area (Å²) in [7, 11) is 0. The van der Waals surface area contributed by atoms with Crippen LogP contribution in [0.5, 0.6) is 0 Å². The van der Waals surface area contributed by atoms with Crippen LogP contribution < -0.4 is 5.73 Å². The minimum Gasteiger partial charge on any atom is -0.446 e. The molecule has 0 bridgehead atoms. The summed E-state index contributed by atoms with van der Waals surface area (Å²) >= 11 is 0. The highest BCUT2D eigenvalue weighted by Crippen LogP contribution is 2.17.